The Labute approximate surface area is 132 Å². The van der Waals surface area contributed by atoms with E-state index in [9.17, 15) is 0 Å². The molecule has 0 radical (unpaired) electrons. The highest BCUT2D eigenvalue weighted by molar-refractivity contribution is 9.10. The van der Waals surface area contributed by atoms with Gasteiger partial charge in [0.2, 0.25) is 5.95 Å². The number of nitrogens with zero attached hydrogens (tertiary/aromatic N) is 2. The molecule has 3 rings (SSSR count). The van der Waals surface area contributed by atoms with Crippen molar-refractivity contribution in [2.75, 3.05) is 5.32 Å². The molecular formula is C17H14BrN3. The highest BCUT2D eigenvalue weighted by atomic mass is 79.9. The predicted octanol–water partition coefficient (Wildman–Crippen LogP) is 4.96. The van der Waals surface area contributed by atoms with Gasteiger partial charge in [0.15, 0.2) is 0 Å². The average molecular weight is 340 g/mol. The van der Waals surface area contributed by atoms with Crippen molar-refractivity contribution in [3.63, 3.8) is 0 Å². The Bertz CT molecular complexity index is 737. The van der Waals surface area contributed by atoms with Gasteiger partial charge < -0.3 is 5.32 Å². The molecule has 1 N–H and O–H groups in total. The van der Waals surface area contributed by atoms with Gasteiger partial charge in [-0.1, -0.05) is 45.8 Å². The number of aromatic nitrogens is 2. The third-order valence-corrected chi connectivity index (χ3v) is 3.63. The van der Waals surface area contributed by atoms with E-state index in [1.54, 1.807) is 6.20 Å². The van der Waals surface area contributed by atoms with Crippen LogP contribution >= 0.6 is 15.9 Å². The molecule has 4 heteroatoms. The van der Waals surface area contributed by atoms with Crippen molar-refractivity contribution in [1.82, 2.24) is 9.97 Å². The van der Waals surface area contributed by atoms with Crippen LogP contribution in [0.1, 0.15) is 5.56 Å². The highest BCUT2D eigenvalue weighted by Gasteiger charge is 2.03. The maximum atomic E-state index is 4.55. The number of hydrogen-bond donors (Lipinski definition) is 1. The molecule has 0 atom stereocenters. The Balaban J connectivity index is 1.86. The number of halogens is 1. The monoisotopic (exact) mass is 339 g/mol. The Kier molecular flexibility index (Phi) is 3.97. The highest BCUT2D eigenvalue weighted by Crippen LogP contribution is 2.21. The first kappa shape index (κ1) is 13.8. The SMILES string of the molecule is Cc1ccc(Nc2nccc(-c3ccc(Br)cc3)n2)cc1. The lowest BCUT2D eigenvalue weighted by atomic mass is 10.1. The van der Waals surface area contributed by atoms with Gasteiger partial charge in [-0.15, -0.1) is 0 Å². The van der Waals surface area contributed by atoms with Crippen molar-refractivity contribution in [2.45, 2.75) is 6.92 Å². The largest absolute Gasteiger partial charge is 0.324 e. The van der Waals surface area contributed by atoms with Gasteiger partial charge in [-0.3, -0.25) is 0 Å². The molecule has 3 nitrogen and oxygen atoms in total. The number of nitrogens with one attached hydrogen (secondary N) is 1. The van der Waals surface area contributed by atoms with E-state index in [1.165, 1.54) is 5.56 Å². The van der Waals surface area contributed by atoms with E-state index in [2.05, 4.69) is 50.3 Å². The van der Waals surface area contributed by atoms with E-state index in [0.717, 1.165) is 21.4 Å². The molecule has 0 aliphatic rings. The Morgan fingerprint density at radius 1 is 0.905 bits per heavy atom. The van der Waals surface area contributed by atoms with Gasteiger partial charge in [-0.25, -0.2) is 9.97 Å². The van der Waals surface area contributed by atoms with E-state index in [0.29, 0.717) is 5.95 Å². The zero-order valence-corrected chi connectivity index (χ0v) is 13.1. The second kappa shape index (κ2) is 6.06. The van der Waals surface area contributed by atoms with Crippen molar-refractivity contribution in [2.24, 2.45) is 0 Å². The van der Waals surface area contributed by atoms with Crippen LogP contribution in [0.2, 0.25) is 0 Å². The number of rotatable bonds is 3. The van der Waals surface area contributed by atoms with E-state index < -0.39 is 0 Å². The summed E-state index contributed by atoms with van der Waals surface area (Å²) in [6, 6.07) is 18.1. The van der Waals surface area contributed by atoms with Gasteiger partial charge in [-0.2, -0.15) is 0 Å². The third-order valence-electron chi connectivity index (χ3n) is 3.10. The van der Waals surface area contributed by atoms with E-state index in [1.807, 2.05) is 42.5 Å². The van der Waals surface area contributed by atoms with Gasteiger partial charge in [-0.05, 0) is 37.3 Å². The van der Waals surface area contributed by atoms with Crippen LogP contribution in [0.4, 0.5) is 11.6 Å². The first-order valence-electron chi connectivity index (χ1n) is 6.63. The second-order valence-electron chi connectivity index (χ2n) is 4.76. The minimum absolute atomic E-state index is 0.597. The molecule has 0 unspecified atom stereocenters. The summed E-state index contributed by atoms with van der Waals surface area (Å²) in [6.07, 6.45) is 1.76. The Morgan fingerprint density at radius 3 is 2.33 bits per heavy atom. The van der Waals surface area contributed by atoms with Gasteiger partial charge in [0, 0.05) is 21.9 Å². The van der Waals surface area contributed by atoms with Crippen LogP contribution in [0.15, 0.2) is 65.3 Å². The van der Waals surface area contributed by atoms with Gasteiger partial charge in [0.25, 0.3) is 0 Å². The fraction of sp³-hybridized carbons (Fsp3) is 0.0588. The first-order chi connectivity index (χ1) is 10.2. The molecule has 0 fully saturated rings. The normalized spacial score (nSPS) is 10.4. The molecule has 1 aromatic heterocycles. The van der Waals surface area contributed by atoms with Crippen molar-refractivity contribution < 1.29 is 0 Å². The maximum Gasteiger partial charge on any atom is 0.227 e. The lowest BCUT2D eigenvalue weighted by Crippen LogP contribution is -1.97. The van der Waals surface area contributed by atoms with Crippen molar-refractivity contribution in [3.05, 3.63) is 70.8 Å². The van der Waals surface area contributed by atoms with Crippen molar-refractivity contribution in [3.8, 4) is 11.3 Å². The summed E-state index contributed by atoms with van der Waals surface area (Å²) in [4.78, 5) is 8.82. The van der Waals surface area contributed by atoms with Gasteiger partial charge in [0.05, 0.1) is 5.69 Å². The summed E-state index contributed by atoms with van der Waals surface area (Å²) in [7, 11) is 0. The summed E-state index contributed by atoms with van der Waals surface area (Å²) in [6.45, 7) is 2.06. The molecule has 1 heterocycles. The topological polar surface area (TPSA) is 37.8 Å². The number of aryl methyl sites for hydroxylation is 1. The van der Waals surface area contributed by atoms with Crippen LogP contribution in [0.25, 0.3) is 11.3 Å². The lowest BCUT2D eigenvalue weighted by molar-refractivity contribution is 1.17. The van der Waals surface area contributed by atoms with Gasteiger partial charge >= 0.3 is 0 Å². The fourth-order valence-corrected chi connectivity index (χ4v) is 2.23. The summed E-state index contributed by atoms with van der Waals surface area (Å²) < 4.78 is 1.05. The van der Waals surface area contributed by atoms with Crippen LogP contribution in [-0.2, 0) is 0 Å². The Morgan fingerprint density at radius 2 is 1.62 bits per heavy atom. The summed E-state index contributed by atoms with van der Waals surface area (Å²) >= 11 is 3.44. The zero-order valence-electron chi connectivity index (χ0n) is 11.5. The fourth-order valence-electron chi connectivity index (χ4n) is 1.97. The Hall–Kier alpha value is -2.20. The summed E-state index contributed by atoms with van der Waals surface area (Å²) in [5, 5.41) is 3.22. The van der Waals surface area contributed by atoms with E-state index in [-0.39, 0.29) is 0 Å². The molecule has 104 valence electrons. The average Bonchev–Trinajstić information content (AvgIpc) is 2.51. The summed E-state index contributed by atoms with van der Waals surface area (Å²) in [5.74, 6) is 0.597. The lowest BCUT2D eigenvalue weighted by Gasteiger charge is -2.07. The number of anilines is 2. The molecule has 0 bridgehead atoms. The quantitative estimate of drug-likeness (QED) is 0.732. The maximum absolute atomic E-state index is 4.55. The smallest absolute Gasteiger partial charge is 0.227 e. The first-order valence-corrected chi connectivity index (χ1v) is 7.43. The summed E-state index contributed by atoms with van der Waals surface area (Å²) in [5.41, 5.74) is 4.17. The third kappa shape index (κ3) is 3.47. The molecule has 0 saturated heterocycles. The molecule has 0 spiro atoms. The number of hydrogen-bond acceptors (Lipinski definition) is 3. The van der Waals surface area contributed by atoms with Crippen LogP contribution in [0.3, 0.4) is 0 Å². The molecule has 3 aromatic rings. The molecule has 2 aromatic carbocycles. The van der Waals surface area contributed by atoms with E-state index in [4.69, 9.17) is 0 Å². The van der Waals surface area contributed by atoms with Crippen LogP contribution < -0.4 is 5.32 Å². The minimum Gasteiger partial charge on any atom is -0.324 e. The standard InChI is InChI=1S/C17H14BrN3/c1-12-2-8-15(9-3-12)20-17-19-11-10-16(21-17)13-4-6-14(18)7-5-13/h2-11H,1H3,(H,19,20,21). The molecule has 0 saturated carbocycles. The van der Waals surface area contributed by atoms with Crippen LogP contribution in [0.5, 0.6) is 0 Å². The predicted molar refractivity (Wildman–Crippen MR) is 89.6 cm³/mol. The molecule has 0 amide bonds. The minimum atomic E-state index is 0.597. The van der Waals surface area contributed by atoms with Crippen molar-refractivity contribution >= 4 is 27.6 Å². The van der Waals surface area contributed by atoms with Crippen LogP contribution in [0, 0.1) is 6.92 Å². The van der Waals surface area contributed by atoms with Crippen molar-refractivity contribution in [1.29, 1.82) is 0 Å². The molecule has 0 aliphatic heterocycles. The second-order valence-corrected chi connectivity index (χ2v) is 5.68. The van der Waals surface area contributed by atoms with E-state index >= 15 is 0 Å². The number of benzene rings is 2. The molecule has 0 aliphatic carbocycles. The molecule has 21 heavy (non-hydrogen) atoms. The van der Waals surface area contributed by atoms with Crippen LogP contribution in [-0.4, -0.2) is 9.97 Å². The zero-order chi connectivity index (χ0) is 14.7. The van der Waals surface area contributed by atoms with Gasteiger partial charge in [0.1, 0.15) is 0 Å². The molecular weight excluding hydrogens is 326 g/mol.